The molecule has 1 aromatic rings. The molecule has 0 N–H and O–H groups in total. The molecule has 0 amide bonds. The molecule has 2 rings (SSSR count). The van der Waals surface area contributed by atoms with Crippen LogP contribution in [0.2, 0.25) is 0 Å². The van der Waals surface area contributed by atoms with E-state index in [4.69, 9.17) is 0 Å². The molecule has 0 bridgehead atoms. The molecule has 1 heteroatoms. The first-order valence-electron chi connectivity index (χ1n) is 5.05. The highest BCUT2D eigenvalue weighted by atomic mass is 15.1. The second kappa shape index (κ2) is 3.77. The van der Waals surface area contributed by atoms with Crippen molar-refractivity contribution in [2.24, 2.45) is 0 Å². The molecule has 0 spiro atoms. The van der Waals surface area contributed by atoms with Gasteiger partial charge in [0.05, 0.1) is 0 Å². The van der Waals surface area contributed by atoms with Crippen molar-refractivity contribution in [1.82, 2.24) is 4.90 Å². The Hall–Kier alpha value is -1.76. The van der Waals surface area contributed by atoms with Crippen LogP contribution in [-0.2, 0) is 0 Å². The number of hydrogen-bond donors (Lipinski definition) is 0. The molecule has 1 aliphatic rings. The summed E-state index contributed by atoms with van der Waals surface area (Å²) in [6.07, 6.45) is 6.25. The Morgan fingerprint density at radius 1 is 1.07 bits per heavy atom. The van der Waals surface area contributed by atoms with Gasteiger partial charge in [-0.3, -0.25) is 0 Å². The topological polar surface area (TPSA) is 3.24 Å². The zero-order valence-corrected chi connectivity index (χ0v) is 9.20. The fourth-order valence-corrected chi connectivity index (χ4v) is 1.55. The molecular formula is C14H15N. The molecule has 15 heavy (non-hydrogen) atoms. The maximum Gasteiger partial charge on any atom is 0.0330 e. The van der Waals surface area contributed by atoms with E-state index >= 15 is 0 Å². The van der Waals surface area contributed by atoms with Crippen molar-refractivity contribution in [3.05, 3.63) is 66.0 Å². The van der Waals surface area contributed by atoms with Gasteiger partial charge in [0.2, 0.25) is 0 Å². The Balaban J connectivity index is 2.33. The van der Waals surface area contributed by atoms with Gasteiger partial charge in [-0.15, -0.1) is 0 Å². The molecule has 0 aliphatic carbocycles. The number of likely N-dealkylation sites (N-methyl/N-ethyl adjacent to an activating group) is 1. The second-order valence-corrected chi connectivity index (χ2v) is 3.89. The van der Waals surface area contributed by atoms with Crippen LogP contribution in [0.1, 0.15) is 11.1 Å². The van der Waals surface area contributed by atoms with E-state index in [0.717, 1.165) is 5.70 Å². The lowest BCUT2D eigenvalue weighted by molar-refractivity contribution is 0.589. The lowest BCUT2D eigenvalue weighted by Gasteiger charge is -2.20. The summed E-state index contributed by atoms with van der Waals surface area (Å²) in [5.74, 6) is 0. The molecule has 0 aromatic heterocycles. The number of nitrogens with zero attached hydrogens (tertiary/aromatic N) is 1. The third kappa shape index (κ3) is 2.01. The molecule has 0 saturated heterocycles. The van der Waals surface area contributed by atoms with Gasteiger partial charge in [-0.1, -0.05) is 42.5 Å². The van der Waals surface area contributed by atoms with Crippen LogP contribution in [0.25, 0.3) is 5.57 Å². The number of aryl methyl sites for hydroxylation is 1. The summed E-state index contributed by atoms with van der Waals surface area (Å²) in [5.41, 5.74) is 4.78. The third-order valence-electron chi connectivity index (χ3n) is 2.63. The fourth-order valence-electron chi connectivity index (χ4n) is 1.55. The number of hydrogen-bond acceptors (Lipinski definition) is 1. The van der Waals surface area contributed by atoms with E-state index < -0.39 is 0 Å². The largest absolute Gasteiger partial charge is 0.351 e. The molecule has 0 saturated carbocycles. The predicted molar refractivity (Wildman–Crippen MR) is 65.2 cm³/mol. The summed E-state index contributed by atoms with van der Waals surface area (Å²) in [6.45, 7) is 6.03. The van der Waals surface area contributed by atoms with Gasteiger partial charge in [0.25, 0.3) is 0 Å². The van der Waals surface area contributed by atoms with Crippen molar-refractivity contribution >= 4 is 5.57 Å². The van der Waals surface area contributed by atoms with E-state index in [1.807, 2.05) is 18.0 Å². The van der Waals surface area contributed by atoms with Crippen LogP contribution in [0.15, 0.2) is 54.9 Å². The molecule has 0 radical (unpaired) electrons. The highest BCUT2D eigenvalue weighted by molar-refractivity contribution is 5.75. The predicted octanol–water partition coefficient (Wildman–Crippen LogP) is 3.35. The molecule has 1 nitrogen and oxygen atoms in total. The van der Waals surface area contributed by atoms with Gasteiger partial charge in [0.1, 0.15) is 0 Å². The third-order valence-corrected chi connectivity index (χ3v) is 2.63. The van der Waals surface area contributed by atoms with Crippen LogP contribution < -0.4 is 0 Å². The summed E-state index contributed by atoms with van der Waals surface area (Å²) in [5, 5.41) is 0. The Morgan fingerprint density at radius 3 is 2.33 bits per heavy atom. The van der Waals surface area contributed by atoms with Gasteiger partial charge in [-0.05, 0) is 24.1 Å². The molecule has 1 aromatic carbocycles. The van der Waals surface area contributed by atoms with Gasteiger partial charge in [0.15, 0.2) is 0 Å². The highest BCUT2D eigenvalue weighted by Gasteiger charge is 2.05. The lowest BCUT2D eigenvalue weighted by atomic mass is 10.0. The molecule has 76 valence electrons. The molecule has 0 fully saturated rings. The zero-order valence-electron chi connectivity index (χ0n) is 9.20. The first-order valence-corrected chi connectivity index (χ1v) is 5.05. The minimum atomic E-state index is 1.02. The lowest BCUT2D eigenvalue weighted by Crippen LogP contribution is -2.10. The molecule has 0 atom stereocenters. The van der Waals surface area contributed by atoms with Crippen molar-refractivity contribution in [2.75, 3.05) is 7.05 Å². The monoisotopic (exact) mass is 197 g/mol. The van der Waals surface area contributed by atoms with Crippen LogP contribution in [-0.4, -0.2) is 11.9 Å². The summed E-state index contributed by atoms with van der Waals surface area (Å²) < 4.78 is 0. The van der Waals surface area contributed by atoms with E-state index in [-0.39, 0.29) is 0 Å². The highest BCUT2D eigenvalue weighted by Crippen LogP contribution is 2.22. The van der Waals surface area contributed by atoms with Gasteiger partial charge >= 0.3 is 0 Å². The molecule has 1 aliphatic heterocycles. The minimum absolute atomic E-state index is 1.02. The standard InChI is InChI=1S/C14H15N/c1-11-4-7-13(8-5-11)14-9-6-12(2)15(3)10-14/h4-10H,2H2,1,3H3. The Labute approximate surface area is 91.0 Å². The fraction of sp³-hybridized carbons (Fsp3) is 0.143. The smallest absolute Gasteiger partial charge is 0.0330 e. The number of allylic oxidation sites excluding steroid dienone is 3. The van der Waals surface area contributed by atoms with E-state index in [1.54, 1.807) is 0 Å². The zero-order chi connectivity index (χ0) is 10.8. The average Bonchev–Trinajstić information content (AvgIpc) is 2.23. The van der Waals surface area contributed by atoms with Gasteiger partial charge in [-0.25, -0.2) is 0 Å². The quantitative estimate of drug-likeness (QED) is 0.667. The van der Waals surface area contributed by atoms with E-state index in [9.17, 15) is 0 Å². The SMILES string of the molecule is C=C1C=CC(c2ccc(C)cc2)=CN1C. The maximum absolute atomic E-state index is 3.93. The first-order chi connectivity index (χ1) is 7.16. The first kappa shape index (κ1) is 9.78. The normalized spacial score (nSPS) is 15.5. The summed E-state index contributed by atoms with van der Waals surface area (Å²) >= 11 is 0. The summed E-state index contributed by atoms with van der Waals surface area (Å²) in [7, 11) is 2.01. The van der Waals surface area contributed by atoms with Crippen molar-refractivity contribution < 1.29 is 0 Å². The number of rotatable bonds is 1. The van der Waals surface area contributed by atoms with E-state index in [1.165, 1.54) is 16.7 Å². The van der Waals surface area contributed by atoms with Crippen LogP contribution in [0.5, 0.6) is 0 Å². The number of benzene rings is 1. The Bertz CT molecular complexity index is 435. The van der Waals surface area contributed by atoms with Crippen molar-refractivity contribution in [3.63, 3.8) is 0 Å². The minimum Gasteiger partial charge on any atom is -0.351 e. The molecular weight excluding hydrogens is 182 g/mol. The summed E-state index contributed by atoms with van der Waals surface area (Å²) in [6, 6.07) is 8.56. The Kier molecular flexibility index (Phi) is 2.46. The van der Waals surface area contributed by atoms with Crippen LogP contribution in [0.4, 0.5) is 0 Å². The van der Waals surface area contributed by atoms with Crippen molar-refractivity contribution in [3.8, 4) is 0 Å². The van der Waals surface area contributed by atoms with Gasteiger partial charge < -0.3 is 4.90 Å². The van der Waals surface area contributed by atoms with E-state index in [2.05, 4.69) is 50.0 Å². The van der Waals surface area contributed by atoms with Crippen LogP contribution in [0.3, 0.4) is 0 Å². The van der Waals surface area contributed by atoms with E-state index in [0.29, 0.717) is 0 Å². The maximum atomic E-state index is 3.93. The van der Waals surface area contributed by atoms with Gasteiger partial charge in [0, 0.05) is 18.9 Å². The second-order valence-electron chi connectivity index (χ2n) is 3.89. The summed E-state index contributed by atoms with van der Waals surface area (Å²) in [4.78, 5) is 2.04. The Morgan fingerprint density at radius 2 is 1.73 bits per heavy atom. The molecule has 1 heterocycles. The molecule has 0 unspecified atom stereocenters. The van der Waals surface area contributed by atoms with Crippen molar-refractivity contribution in [2.45, 2.75) is 6.92 Å². The van der Waals surface area contributed by atoms with Crippen molar-refractivity contribution in [1.29, 1.82) is 0 Å². The average molecular weight is 197 g/mol. The van der Waals surface area contributed by atoms with Crippen LogP contribution >= 0.6 is 0 Å². The van der Waals surface area contributed by atoms with Crippen LogP contribution in [0, 0.1) is 6.92 Å². The van der Waals surface area contributed by atoms with Gasteiger partial charge in [-0.2, -0.15) is 0 Å².